The van der Waals surface area contributed by atoms with Crippen molar-refractivity contribution in [1.29, 1.82) is 0 Å². The Morgan fingerprint density at radius 3 is 1.65 bits per heavy atom. The fraction of sp³-hybridized carbons (Fsp3) is 0. The van der Waals surface area contributed by atoms with Crippen molar-refractivity contribution < 1.29 is 41.5 Å². The maximum absolute atomic E-state index is 12.6. The third-order valence-electron chi connectivity index (χ3n) is 2.27. The zero-order valence-electron chi connectivity index (χ0n) is 10.7. The van der Waals surface area contributed by atoms with E-state index in [4.69, 9.17) is 10.2 Å². The van der Waals surface area contributed by atoms with Gasteiger partial charge in [-0.2, -0.15) is 4.39 Å². The number of phenols is 2. The molecule has 11 heteroatoms. The van der Waals surface area contributed by atoms with E-state index in [1.807, 2.05) is 0 Å². The number of aromatic hydroxyl groups is 2. The van der Waals surface area contributed by atoms with Crippen LogP contribution in [-0.2, 0) is 0 Å². The van der Waals surface area contributed by atoms with Gasteiger partial charge in [0, 0.05) is 18.2 Å². The fourth-order valence-corrected chi connectivity index (χ4v) is 1.29. The van der Waals surface area contributed by atoms with Crippen molar-refractivity contribution >= 4 is 5.69 Å². The number of benzene rings is 2. The second-order valence-electron chi connectivity index (χ2n) is 3.83. The van der Waals surface area contributed by atoms with E-state index < -0.39 is 57.0 Å². The molecule has 0 amide bonds. The van der Waals surface area contributed by atoms with Crippen LogP contribution in [-0.4, -0.2) is 15.1 Å². The van der Waals surface area contributed by atoms with Crippen LogP contribution in [0.1, 0.15) is 0 Å². The van der Waals surface area contributed by atoms with E-state index in [-0.39, 0.29) is 6.07 Å². The summed E-state index contributed by atoms with van der Waals surface area (Å²) >= 11 is 0. The number of rotatable bonds is 1. The van der Waals surface area contributed by atoms with Crippen molar-refractivity contribution in [2.75, 3.05) is 0 Å². The highest BCUT2D eigenvalue weighted by atomic mass is 19.2. The van der Waals surface area contributed by atoms with Gasteiger partial charge in [0.25, 0.3) is 0 Å². The molecule has 2 aromatic rings. The minimum absolute atomic E-state index is 0.135. The van der Waals surface area contributed by atoms with Crippen LogP contribution in [0.3, 0.4) is 0 Å². The first-order valence-corrected chi connectivity index (χ1v) is 5.40. The molecule has 0 heterocycles. The van der Waals surface area contributed by atoms with Crippen molar-refractivity contribution in [3.63, 3.8) is 0 Å². The molecule has 0 unspecified atom stereocenters. The van der Waals surface area contributed by atoms with E-state index in [1.54, 1.807) is 0 Å². The van der Waals surface area contributed by atoms with Gasteiger partial charge in [0.2, 0.25) is 17.4 Å². The summed E-state index contributed by atoms with van der Waals surface area (Å²) in [6, 6.07) is 1.13. The molecule has 0 atom stereocenters. The van der Waals surface area contributed by atoms with Gasteiger partial charge < -0.3 is 10.2 Å². The number of hydrogen-bond acceptors (Lipinski definition) is 4. The molecule has 0 bridgehead atoms. The number of halogens is 6. The smallest absolute Gasteiger partial charge is 0.349 e. The van der Waals surface area contributed by atoms with Crippen LogP contribution < -0.4 is 0 Å². The van der Waals surface area contributed by atoms with Gasteiger partial charge >= 0.3 is 5.69 Å². The van der Waals surface area contributed by atoms with E-state index in [0.717, 1.165) is 0 Å². The van der Waals surface area contributed by atoms with Gasteiger partial charge in [-0.15, -0.1) is 0 Å². The molecule has 0 saturated heterocycles. The Labute approximate surface area is 123 Å². The Bertz CT molecular complexity index is 745. The summed E-state index contributed by atoms with van der Waals surface area (Å²) in [7, 11) is 0. The molecular formula is C12H5F6NO4. The van der Waals surface area contributed by atoms with E-state index in [1.165, 1.54) is 0 Å². The van der Waals surface area contributed by atoms with Crippen molar-refractivity contribution in [3.05, 3.63) is 63.2 Å². The third kappa shape index (κ3) is 4.02. The van der Waals surface area contributed by atoms with E-state index in [2.05, 4.69) is 0 Å². The maximum atomic E-state index is 12.6. The van der Waals surface area contributed by atoms with Crippen LogP contribution in [0.5, 0.6) is 11.5 Å². The molecule has 2 aromatic carbocycles. The van der Waals surface area contributed by atoms with Crippen LogP contribution in [0.15, 0.2) is 18.2 Å². The minimum atomic E-state index is -2.01. The molecule has 0 aliphatic carbocycles. The van der Waals surface area contributed by atoms with Crippen LogP contribution in [0, 0.1) is 45.0 Å². The second-order valence-corrected chi connectivity index (χ2v) is 3.83. The lowest BCUT2D eigenvalue weighted by atomic mass is 10.2. The molecule has 124 valence electrons. The lowest BCUT2D eigenvalue weighted by Gasteiger charge is -1.98. The van der Waals surface area contributed by atoms with Crippen LogP contribution in [0.2, 0.25) is 0 Å². The molecule has 2 N–H and O–H groups in total. The Morgan fingerprint density at radius 1 is 0.783 bits per heavy atom. The number of phenolic OH excluding ortho intramolecular Hbond substituents is 2. The topological polar surface area (TPSA) is 83.6 Å². The van der Waals surface area contributed by atoms with Crippen LogP contribution in [0.4, 0.5) is 32.0 Å². The standard InChI is InChI=1S/C6H2F3NO3.C6H3F3O/c7-2-1-3(11)6(10(12)13)5(9)4(2)8;7-4-1-3(10)2-5(8)6(4)9/h1,11H;1-2,10H. The van der Waals surface area contributed by atoms with E-state index in [0.29, 0.717) is 12.1 Å². The average Bonchev–Trinajstić information content (AvgIpc) is 2.42. The molecule has 0 spiro atoms. The van der Waals surface area contributed by atoms with Gasteiger partial charge in [0.05, 0.1) is 4.92 Å². The highest BCUT2D eigenvalue weighted by Crippen LogP contribution is 2.31. The lowest BCUT2D eigenvalue weighted by molar-refractivity contribution is -0.388. The predicted molar refractivity (Wildman–Crippen MR) is 62.6 cm³/mol. The molecule has 0 aliphatic rings. The summed E-state index contributed by atoms with van der Waals surface area (Å²) in [5.74, 6) is -11.9. The third-order valence-corrected chi connectivity index (χ3v) is 2.27. The molecule has 5 nitrogen and oxygen atoms in total. The average molecular weight is 341 g/mol. The first kappa shape index (κ1) is 18.1. The fourth-order valence-electron chi connectivity index (χ4n) is 1.29. The zero-order valence-corrected chi connectivity index (χ0v) is 10.7. The van der Waals surface area contributed by atoms with Crippen molar-refractivity contribution in [1.82, 2.24) is 0 Å². The Hall–Kier alpha value is -2.98. The number of nitro groups is 1. The Morgan fingerprint density at radius 2 is 1.22 bits per heavy atom. The summed E-state index contributed by atoms with van der Waals surface area (Å²) in [4.78, 5) is 8.68. The van der Waals surface area contributed by atoms with Gasteiger partial charge in [-0.3, -0.25) is 10.1 Å². The Balaban J connectivity index is 0.000000238. The van der Waals surface area contributed by atoms with Gasteiger partial charge in [0.15, 0.2) is 23.3 Å². The normalized spacial score (nSPS) is 10.0. The second kappa shape index (κ2) is 6.85. The van der Waals surface area contributed by atoms with E-state index in [9.17, 15) is 36.5 Å². The predicted octanol–water partition coefficient (Wildman–Crippen LogP) is 3.53. The molecular weight excluding hydrogens is 336 g/mol. The highest BCUT2D eigenvalue weighted by Gasteiger charge is 2.27. The summed E-state index contributed by atoms with van der Waals surface area (Å²) in [5, 5.41) is 27.2. The SMILES string of the molecule is O=[N+]([O-])c1c(O)cc(F)c(F)c1F.Oc1cc(F)c(F)c(F)c1. The first-order valence-electron chi connectivity index (χ1n) is 5.40. The van der Waals surface area contributed by atoms with E-state index >= 15 is 0 Å². The Kier molecular flexibility index (Phi) is 5.38. The summed E-state index contributed by atoms with van der Waals surface area (Å²) in [6.45, 7) is 0. The highest BCUT2D eigenvalue weighted by molar-refractivity contribution is 5.47. The van der Waals surface area contributed by atoms with Crippen molar-refractivity contribution in [2.45, 2.75) is 0 Å². The quantitative estimate of drug-likeness (QED) is 0.360. The largest absolute Gasteiger partial charge is 0.508 e. The molecule has 23 heavy (non-hydrogen) atoms. The molecule has 0 radical (unpaired) electrons. The zero-order chi connectivity index (χ0) is 17.9. The summed E-state index contributed by atoms with van der Waals surface area (Å²) < 4.78 is 73.4. The number of nitrogens with zero attached hydrogens (tertiary/aromatic N) is 1. The molecule has 0 fully saturated rings. The van der Waals surface area contributed by atoms with Crippen LogP contribution >= 0.6 is 0 Å². The molecule has 0 aliphatic heterocycles. The molecule has 0 aromatic heterocycles. The number of hydrogen-bond donors (Lipinski definition) is 2. The number of nitro benzene ring substituents is 1. The van der Waals surface area contributed by atoms with Gasteiger partial charge in [-0.05, 0) is 0 Å². The maximum Gasteiger partial charge on any atom is 0.349 e. The van der Waals surface area contributed by atoms with Gasteiger partial charge in [-0.1, -0.05) is 0 Å². The molecule has 2 rings (SSSR count). The van der Waals surface area contributed by atoms with Crippen molar-refractivity contribution in [3.8, 4) is 11.5 Å². The minimum Gasteiger partial charge on any atom is -0.508 e. The summed E-state index contributed by atoms with van der Waals surface area (Å²) in [6.07, 6.45) is 0. The first-order chi connectivity index (χ1) is 10.6. The van der Waals surface area contributed by atoms with Crippen molar-refractivity contribution in [2.24, 2.45) is 0 Å². The van der Waals surface area contributed by atoms with Gasteiger partial charge in [0.1, 0.15) is 5.75 Å². The molecule has 0 saturated carbocycles. The lowest BCUT2D eigenvalue weighted by Crippen LogP contribution is -1.98. The van der Waals surface area contributed by atoms with Gasteiger partial charge in [-0.25, -0.2) is 22.0 Å². The summed E-state index contributed by atoms with van der Waals surface area (Å²) in [5.41, 5.74) is -1.47. The van der Waals surface area contributed by atoms with Crippen LogP contribution in [0.25, 0.3) is 0 Å². The monoisotopic (exact) mass is 341 g/mol.